The molecule has 43 heavy (non-hydrogen) atoms. The van der Waals surface area contributed by atoms with E-state index in [2.05, 4.69) is 23.3 Å². The molecule has 9 heteroatoms. The highest BCUT2D eigenvalue weighted by atomic mass is 32.1. The summed E-state index contributed by atoms with van der Waals surface area (Å²) < 4.78 is 16.9. The van der Waals surface area contributed by atoms with Crippen molar-refractivity contribution < 1.29 is 9.18 Å². The van der Waals surface area contributed by atoms with Crippen LogP contribution in [0.25, 0.3) is 11.1 Å². The molecule has 0 atom stereocenters. The van der Waals surface area contributed by atoms with Crippen molar-refractivity contribution in [3.8, 4) is 11.1 Å². The molecule has 0 fully saturated rings. The molecule has 0 radical (unpaired) electrons. The molecule has 7 rings (SSSR count). The molecule has 0 bridgehead atoms. The summed E-state index contributed by atoms with van der Waals surface area (Å²) in [7, 11) is 3.80. The van der Waals surface area contributed by atoms with Crippen LogP contribution in [0.2, 0.25) is 0 Å². The average molecular weight is 598 g/mol. The Morgan fingerprint density at radius 1 is 1.00 bits per heavy atom. The van der Waals surface area contributed by atoms with Gasteiger partial charge in [-0.1, -0.05) is 13.0 Å². The van der Waals surface area contributed by atoms with E-state index in [-0.39, 0.29) is 11.5 Å². The molecule has 0 spiro atoms. The van der Waals surface area contributed by atoms with Crippen LogP contribution in [0.4, 0.5) is 21.6 Å². The zero-order valence-corrected chi connectivity index (χ0v) is 25.7. The maximum Gasteiger partial charge on any atom is 0.274 e. The van der Waals surface area contributed by atoms with Gasteiger partial charge in [-0.3, -0.25) is 9.59 Å². The number of carbonyl (C=O) groups excluding carboxylic acids is 1. The first-order valence-corrected chi connectivity index (χ1v) is 16.1. The summed E-state index contributed by atoms with van der Waals surface area (Å²) in [5.74, 6) is 0.178. The molecular formula is C34H36FN5O2S. The zero-order valence-electron chi connectivity index (χ0n) is 24.9. The van der Waals surface area contributed by atoms with E-state index in [1.807, 2.05) is 13.0 Å². The zero-order chi connectivity index (χ0) is 29.8. The Morgan fingerprint density at radius 3 is 2.67 bits per heavy atom. The Bertz CT molecular complexity index is 1830. The molecule has 4 aromatic rings. The number of likely N-dealkylation sites (N-methyl/N-ethyl adjacent to an activating group) is 1. The fourth-order valence-electron chi connectivity index (χ4n) is 6.95. The van der Waals surface area contributed by atoms with Crippen LogP contribution in [-0.4, -0.2) is 40.5 Å². The minimum Gasteiger partial charge on any atom is -0.336 e. The number of thiophene rings is 1. The number of hydrogen-bond donors (Lipinski definition) is 1. The SMILES string of the molecule is CCc1c(-c2cc(Nc3ccc4c(n3)CCN(C)C4)c(=O)n(C)c2)cc(F)cc1N1CCc2c(sc3c2CCCC3)C1=O. The number of nitrogens with zero attached hydrogens (tertiary/aromatic N) is 4. The van der Waals surface area contributed by atoms with Crippen LogP contribution >= 0.6 is 11.3 Å². The average Bonchev–Trinajstić information content (AvgIpc) is 3.39. The summed E-state index contributed by atoms with van der Waals surface area (Å²) >= 11 is 1.64. The molecular weight excluding hydrogens is 561 g/mol. The first-order valence-electron chi connectivity index (χ1n) is 15.2. The molecule has 0 saturated carbocycles. The maximum absolute atomic E-state index is 15.4. The lowest BCUT2D eigenvalue weighted by Gasteiger charge is -2.30. The highest BCUT2D eigenvalue weighted by Crippen LogP contribution is 2.41. The number of anilines is 3. The van der Waals surface area contributed by atoms with Crippen molar-refractivity contribution in [2.45, 2.75) is 58.4 Å². The Labute approximate surface area is 255 Å². The molecule has 1 amide bonds. The number of aryl methyl sites for hydroxylation is 2. The standard InChI is InChI=1S/C34H36FN5O2S/c1-4-23-26(16-22(35)17-29(23)40-14-11-25-24-7-5-6-8-30(24)43-32(25)34(40)42)21-15-28(33(41)39(3)19-21)37-31-10-9-20-18-38(2)13-12-27(20)36-31/h9-10,15-17,19H,4-8,11-14,18H2,1-3H3,(H,36,37). The molecule has 5 heterocycles. The van der Waals surface area contributed by atoms with Crippen molar-refractivity contribution in [3.63, 3.8) is 0 Å². The van der Waals surface area contributed by atoms with Crippen LogP contribution in [0.1, 0.15) is 62.3 Å². The van der Waals surface area contributed by atoms with Crippen molar-refractivity contribution >= 4 is 34.4 Å². The molecule has 1 aliphatic carbocycles. The molecule has 0 unspecified atom stereocenters. The summed E-state index contributed by atoms with van der Waals surface area (Å²) in [4.78, 5) is 38.1. The molecule has 3 aromatic heterocycles. The van der Waals surface area contributed by atoms with Gasteiger partial charge in [0.25, 0.3) is 11.5 Å². The molecule has 1 aromatic carbocycles. The van der Waals surface area contributed by atoms with Gasteiger partial charge in [0.05, 0.1) is 10.6 Å². The second kappa shape index (κ2) is 11.0. The highest BCUT2D eigenvalue weighted by molar-refractivity contribution is 7.14. The summed E-state index contributed by atoms with van der Waals surface area (Å²) in [5, 5.41) is 3.24. The number of amides is 1. The topological polar surface area (TPSA) is 70.5 Å². The van der Waals surface area contributed by atoms with Gasteiger partial charge in [0.15, 0.2) is 0 Å². The fraction of sp³-hybridized carbons (Fsp3) is 0.382. The van der Waals surface area contributed by atoms with Crippen molar-refractivity contribution in [2.24, 2.45) is 7.05 Å². The van der Waals surface area contributed by atoms with E-state index in [9.17, 15) is 9.59 Å². The van der Waals surface area contributed by atoms with Crippen LogP contribution < -0.4 is 15.8 Å². The monoisotopic (exact) mass is 597 g/mol. The summed E-state index contributed by atoms with van der Waals surface area (Å²) in [6.07, 6.45) is 8.45. The fourth-order valence-corrected chi connectivity index (χ4v) is 8.34. The Hall–Kier alpha value is -3.82. The van der Waals surface area contributed by atoms with Gasteiger partial charge >= 0.3 is 0 Å². The van der Waals surface area contributed by atoms with E-state index in [1.165, 1.54) is 51.1 Å². The lowest BCUT2D eigenvalue weighted by atomic mass is 9.91. The van der Waals surface area contributed by atoms with E-state index in [1.54, 1.807) is 35.5 Å². The number of rotatable bonds is 5. The number of carbonyl (C=O) groups is 1. The van der Waals surface area contributed by atoms with Crippen LogP contribution in [0.15, 0.2) is 41.3 Å². The second-order valence-corrected chi connectivity index (χ2v) is 13.1. The molecule has 2 aliphatic heterocycles. The van der Waals surface area contributed by atoms with Crippen molar-refractivity contribution in [3.05, 3.63) is 90.4 Å². The minimum absolute atomic E-state index is 0.0283. The number of nitrogens with one attached hydrogen (secondary N) is 1. The quantitative estimate of drug-likeness (QED) is 0.305. The summed E-state index contributed by atoms with van der Waals surface area (Å²) in [5.41, 5.74) is 7.91. The molecule has 1 N–H and O–H groups in total. The molecule has 0 saturated heterocycles. The smallest absolute Gasteiger partial charge is 0.274 e. The van der Waals surface area contributed by atoms with E-state index >= 15 is 4.39 Å². The van der Waals surface area contributed by atoms with Crippen LogP contribution in [0, 0.1) is 5.82 Å². The number of hydrogen-bond acceptors (Lipinski definition) is 6. The number of halogens is 1. The van der Waals surface area contributed by atoms with E-state index in [0.717, 1.165) is 54.9 Å². The van der Waals surface area contributed by atoms with E-state index in [0.29, 0.717) is 41.3 Å². The van der Waals surface area contributed by atoms with Gasteiger partial charge in [-0.2, -0.15) is 0 Å². The third kappa shape index (κ3) is 4.98. The second-order valence-electron chi connectivity index (χ2n) is 12.0. The molecule has 222 valence electrons. The summed E-state index contributed by atoms with van der Waals surface area (Å²) in [6.45, 7) is 4.36. The normalized spacial score (nSPS) is 16.6. The highest BCUT2D eigenvalue weighted by Gasteiger charge is 2.33. The van der Waals surface area contributed by atoms with E-state index in [4.69, 9.17) is 4.98 Å². The number of fused-ring (bicyclic) bond motifs is 4. The van der Waals surface area contributed by atoms with Crippen LogP contribution in [0.3, 0.4) is 0 Å². The minimum atomic E-state index is -0.407. The van der Waals surface area contributed by atoms with Crippen molar-refractivity contribution in [2.75, 3.05) is 30.4 Å². The largest absolute Gasteiger partial charge is 0.336 e. The predicted octanol–water partition coefficient (Wildman–Crippen LogP) is 6.02. The lowest BCUT2D eigenvalue weighted by molar-refractivity contribution is 0.0984. The number of benzene rings is 1. The molecule has 7 nitrogen and oxygen atoms in total. The van der Waals surface area contributed by atoms with Gasteiger partial charge in [0.1, 0.15) is 17.3 Å². The van der Waals surface area contributed by atoms with Crippen LogP contribution in [0.5, 0.6) is 0 Å². The third-order valence-electron chi connectivity index (χ3n) is 9.14. The van der Waals surface area contributed by atoms with Gasteiger partial charge in [0, 0.05) is 55.4 Å². The molecule has 3 aliphatic rings. The van der Waals surface area contributed by atoms with Crippen molar-refractivity contribution in [1.29, 1.82) is 0 Å². The van der Waals surface area contributed by atoms with Gasteiger partial charge in [-0.15, -0.1) is 11.3 Å². The van der Waals surface area contributed by atoms with Gasteiger partial charge in [-0.05, 0) is 97.7 Å². The third-order valence-corrected chi connectivity index (χ3v) is 10.5. The van der Waals surface area contributed by atoms with Crippen molar-refractivity contribution in [1.82, 2.24) is 14.5 Å². The predicted molar refractivity (Wildman–Crippen MR) is 170 cm³/mol. The first kappa shape index (κ1) is 28.0. The van der Waals surface area contributed by atoms with Gasteiger partial charge in [-0.25, -0.2) is 9.37 Å². The summed E-state index contributed by atoms with van der Waals surface area (Å²) in [6, 6.07) is 8.75. The maximum atomic E-state index is 15.4. The lowest BCUT2D eigenvalue weighted by Crippen LogP contribution is -2.37. The van der Waals surface area contributed by atoms with Gasteiger partial charge in [0.2, 0.25) is 0 Å². The Kier molecular flexibility index (Phi) is 7.18. The Balaban J connectivity index is 1.26. The van der Waals surface area contributed by atoms with Crippen LogP contribution in [-0.2, 0) is 45.7 Å². The van der Waals surface area contributed by atoms with E-state index < -0.39 is 5.82 Å². The van der Waals surface area contributed by atoms with Gasteiger partial charge < -0.3 is 19.7 Å². The Morgan fingerprint density at radius 2 is 1.84 bits per heavy atom. The number of aromatic nitrogens is 2. The number of pyridine rings is 2. The first-order chi connectivity index (χ1) is 20.8.